The molecule has 1 heterocycles. The molecule has 3 atom stereocenters. The van der Waals surface area contributed by atoms with Gasteiger partial charge < -0.3 is 14.7 Å². The van der Waals surface area contributed by atoms with Crippen LogP contribution in [0, 0.1) is 17.3 Å². The zero-order chi connectivity index (χ0) is 14.3. The maximum Gasteiger partial charge on any atom is 0.410 e. The van der Waals surface area contributed by atoms with Gasteiger partial charge in [0.2, 0.25) is 0 Å². The molecule has 2 aliphatic rings. The fourth-order valence-electron chi connectivity index (χ4n) is 3.31. The zero-order valence-corrected chi connectivity index (χ0v) is 11.3. The second-order valence-corrected chi connectivity index (χ2v) is 5.85. The number of benzene rings is 1. The van der Waals surface area contributed by atoms with Gasteiger partial charge >= 0.3 is 12.1 Å². The number of carboxylic acid groups (broad SMARTS) is 1. The summed E-state index contributed by atoms with van der Waals surface area (Å²) in [7, 11) is 0. The van der Waals surface area contributed by atoms with E-state index in [0.29, 0.717) is 13.1 Å². The van der Waals surface area contributed by atoms with Crippen LogP contribution in [0.15, 0.2) is 30.3 Å². The minimum Gasteiger partial charge on any atom is -0.481 e. The van der Waals surface area contributed by atoms with Crippen molar-refractivity contribution in [1.29, 1.82) is 0 Å². The summed E-state index contributed by atoms with van der Waals surface area (Å²) >= 11 is 0. The predicted molar refractivity (Wildman–Crippen MR) is 70.9 cm³/mol. The number of fused-ring (bicyclic) bond motifs is 1. The average Bonchev–Trinajstić information content (AvgIpc) is 2.85. The summed E-state index contributed by atoms with van der Waals surface area (Å²) in [5.74, 6) is -0.986. The van der Waals surface area contributed by atoms with Gasteiger partial charge in [0, 0.05) is 18.5 Å². The van der Waals surface area contributed by atoms with Gasteiger partial charge in [0.25, 0.3) is 0 Å². The van der Waals surface area contributed by atoms with Gasteiger partial charge in [-0.05, 0) is 11.5 Å². The van der Waals surface area contributed by atoms with Crippen LogP contribution in [0.2, 0.25) is 0 Å². The van der Waals surface area contributed by atoms with Gasteiger partial charge in [-0.3, -0.25) is 4.79 Å². The fraction of sp³-hybridized carbons (Fsp3) is 0.467. The molecule has 0 bridgehead atoms. The van der Waals surface area contributed by atoms with Crippen LogP contribution >= 0.6 is 0 Å². The fourth-order valence-corrected chi connectivity index (χ4v) is 3.31. The van der Waals surface area contributed by atoms with E-state index in [1.807, 2.05) is 37.3 Å². The van der Waals surface area contributed by atoms with Crippen molar-refractivity contribution < 1.29 is 19.4 Å². The number of rotatable bonds is 3. The van der Waals surface area contributed by atoms with Crippen molar-refractivity contribution in [3.63, 3.8) is 0 Å². The Morgan fingerprint density at radius 3 is 2.65 bits per heavy atom. The highest BCUT2D eigenvalue weighted by atomic mass is 16.6. The van der Waals surface area contributed by atoms with Crippen molar-refractivity contribution in [3.8, 4) is 0 Å². The van der Waals surface area contributed by atoms with Crippen LogP contribution < -0.4 is 0 Å². The van der Waals surface area contributed by atoms with Crippen LogP contribution in [0.4, 0.5) is 4.79 Å². The highest BCUT2D eigenvalue weighted by molar-refractivity contribution is 5.78. The van der Waals surface area contributed by atoms with E-state index in [0.717, 1.165) is 5.56 Å². The number of amides is 1. The number of hydrogen-bond donors (Lipinski definition) is 1. The topological polar surface area (TPSA) is 66.8 Å². The minimum atomic E-state index is -0.755. The lowest BCUT2D eigenvalue weighted by molar-refractivity contribution is -0.140. The summed E-state index contributed by atoms with van der Waals surface area (Å²) in [5.41, 5.74) is 0.678. The molecule has 5 heteroatoms. The van der Waals surface area contributed by atoms with Crippen molar-refractivity contribution in [1.82, 2.24) is 4.90 Å². The highest BCUT2D eigenvalue weighted by Gasteiger charge is 2.70. The number of aliphatic carboxylic acids is 1. The molecular weight excluding hydrogens is 258 g/mol. The lowest BCUT2D eigenvalue weighted by Crippen LogP contribution is -2.34. The number of carboxylic acids is 1. The molecule has 0 unspecified atom stereocenters. The number of likely N-dealkylation sites (tertiary alicyclic amines) is 1. The third kappa shape index (κ3) is 2.03. The van der Waals surface area contributed by atoms with E-state index >= 15 is 0 Å². The highest BCUT2D eigenvalue weighted by Crippen LogP contribution is 2.62. The van der Waals surface area contributed by atoms with E-state index in [-0.39, 0.29) is 30.0 Å². The van der Waals surface area contributed by atoms with E-state index in [2.05, 4.69) is 0 Å². The smallest absolute Gasteiger partial charge is 0.410 e. The molecule has 20 heavy (non-hydrogen) atoms. The molecule has 0 aromatic heterocycles. The first kappa shape index (κ1) is 13.0. The minimum absolute atomic E-state index is 0.0734. The molecule has 1 amide bonds. The van der Waals surface area contributed by atoms with Crippen LogP contribution in [0.5, 0.6) is 0 Å². The molecule has 0 radical (unpaired) electrons. The molecule has 1 aromatic rings. The number of ether oxygens (including phenoxy) is 1. The summed E-state index contributed by atoms with van der Waals surface area (Å²) in [5, 5.41) is 9.07. The van der Waals surface area contributed by atoms with Gasteiger partial charge in [-0.25, -0.2) is 4.79 Å². The zero-order valence-electron chi connectivity index (χ0n) is 11.3. The molecule has 106 valence electrons. The lowest BCUT2D eigenvalue weighted by Gasteiger charge is -2.20. The van der Waals surface area contributed by atoms with Gasteiger partial charge in [0.1, 0.15) is 6.61 Å². The largest absolute Gasteiger partial charge is 0.481 e. The Morgan fingerprint density at radius 1 is 1.40 bits per heavy atom. The second-order valence-electron chi connectivity index (χ2n) is 5.85. The van der Waals surface area contributed by atoms with Gasteiger partial charge in [-0.15, -0.1) is 0 Å². The molecule has 1 N–H and O–H groups in total. The van der Waals surface area contributed by atoms with E-state index in [4.69, 9.17) is 9.84 Å². The molecule has 3 rings (SSSR count). The Kier molecular flexibility index (Phi) is 2.92. The standard InChI is InChI=1S/C15H17NO4/c1-15-9-16(7-11(15)12(15)13(17)18)14(19)20-8-10-5-3-2-4-6-10/h2-6,11-12H,7-9H2,1H3,(H,17,18)/t11-,12+,15-/m1/s1. The quantitative estimate of drug-likeness (QED) is 0.916. The Bertz CT molecular complexity index is 544. The van der Waals surface area contributed by atoms with Crippen molar-refractivity contribution in [2.75, 3.05) is 13.1 Å². The predicted octanol–water partition coefficient (Wildman–Crippen LogP) is 1.98. The summed E-state index contributed by atoms with van der Waals surface area (Å²) in [4.78, 5) is 24.6. The Balaban J connectivity index is 1.53. The Hall–Kier alpha value is -2.04. The first-order valence-electron chi connectivity index (χ1n) is 6.71. The maximum atomic E-state index is 12.0. The molecule has 1 aliphatic heterocycles. The summed E-state index contributed by atoms with van der Waals surface area (Å²) in [6.07, 6.45) is -0.355. The molecular formula is C15H17NO4. The molecule has 1 saturated carbocycles. The van der Waals surface area contributed by atoms with Crippen LogP contribution in [0.3, 0.4) is 0 Å². The summed E-state index contributed by atoms with van der Waals surface area (Å²) < 4.78 is 5.26. The number of carbonyl (C=O) groups excluding carboxylic acids is 1. The monoisotopic (exact) mass is 275 g/mol. The third-order valence-corrected chi connectivity index (χ3v) is 4.53. The number of hydrogen-bond acceptors (Lipinski definition) is 3. The van der Waals surface area contributed by atoms with E-state index in [1.54, 1.807) is 4.90 Å². The molecule has 1 aromatic carbocycles. The molecule has 1 saturated heterocycles. The van der Waals surface area contributed by atoms with Crippen molar-refractivity contribution in [2.45, 2.75) is 13.5 Å². The Morgan fingerprint density at radius 2 is 2.10 bits per heavy atom. The lowest BCUT2D eigenvalue weighted by atomic mass is 10.1. The van der Waals surface area contributed by atoms with Crippen molar-refractivity contribution in [3.05, 3.63) is 35.9 Å². The third-order valence-electron chi connectivity index (χ3n) is 4.53. The van der Waals surface area contributed by atoms with Gasteiger partial charge in [0.15, 0.2) is 0 Å². The van der Waals surface area contributed by atoms with E-state index in [9.17, 15) is 9.59 Å². The number of nitrogens with zero attached hydrogens (tertiary/aromatic N) is 1. The second kappa shape index (κ2) is 4.51. The van der Waals surface area contributed by atoms with E-state index < -0.39 is 5.97 Å². The van der Waals surface area contributed by atoms with Gasteiger partial charge in [-0.1, -0.05) is 37.3 Å². The number of piperidine rings is 1. The molecule has 0 spiro atoms. The van der Waals surface area contributed by atoms with Crippen molar-refractivity contribution >= 4 is 12.1 Å². The van der Waals surface area contributed by atoms with Gasteiger partial charge in [0.05, 0.1) is 5.92 Å². The Labute approximate surface area is 117 Å². The summed E-state index contributed by atoms with van der Waals surface area (Å²) in [6.45, 7) is 3.14. The SMILES string of the molecule is C[C@@]12CN(C(=O)OCc3ccccc3)C[C@@H]1[C@H]2C(=O)O. The van der Waals surface area contributed by atoms with Gasteiger partial charge in [-0.2, -0.15) is 0 Å². The van der Waals surface area contributed by atoms with E-state index in [1.165, 1.54) is 0 Å². The molecule has 5 nitrogen and oxygen atoms in total. The maximum absolute atomic E-state index is 12.0. The summed E-state index contributed by atoms with van der Waals surface area (Å²) in [6, 6.07) is 9.50. The first-order valence-corrected chi connectivity index (χ1v) is 6.71. The van der Waals surface area contributed by atoms with Crippen molar-refractivity contribution in [2.24, 2.45) is 17.3 Å². The average molecular weight is 275 g/mol. The van der Waals surface area contributed by atoms with Crippen LogP contribution in [-0.4, -0.2) is 35.2 Å². The molecule has 1 aliphatic carbocycles. The van der Waals surface area contributed by atoms with Crippen LogP contribution in [-0.2, 0) is 16.1 Å². The van der Waals surface area contributed by atoms with Crippen LogP contribution in [0.25, 0.3) is 0 Å². The molecule has 2 fully saturated rings. The van der Waals surface area contributed by atoms with Crippen LogP contribution in [0.1, 0.15) is 12.5 Å². The number of carbonyl (C=O) groups is 2. The normalized spacial score (nSPS) is 30.8. The first-order chi connectivity index (χ1) is 9.52.